The number of hydrogen-bond donors (Lipinski definition) is 2. The number of nitrogens with one attached hydrogen (secondary N) is 2. The number of amides is 3. The van der Waals surface area contributed by atoms with Crippen molar-refractivity contribution in [3.8, 4) is 0 Å². The molecule has 3 amide bonds. The topological polar surface area (TPSA) is 78.5 Å². The summed E-state index contributed by atoms with van der Waals surface area (Å²) in [6.45, 7) is 0. The molecule has 0 spiro atoms. The maximum absolute atomic E-state index is 14.9. The molecule has 232 valence electrons. The molecular formula is C30H23F8N3O3. The van der Waals surface area contributed by atoms with Crippen LogP contribution >= 0.6 is 0 Å². The van der Waals surface area contributed by atoms with Crippen LogP contribution < -0.4 is 15.5 Å². The third-order valence-electron chi connectivity index (χ3n) is 7.46. The van der Waals surface area contributed by atoms with Gasteiger partial charge in [-0.2, -0.15) is 13.2 Å². The first-order valence-electron chi connectivity index (χ1n) is 13.5. The third-order valence-corrected chi connectivity index (χ3v) is 7.46. The van der Waals surface area contributed by atoms with Crippen LogP contribution in [0.25, 0.3) is 0 Å². The van der Waals surface area contributed by atoms with E-state index < -0.39 is 99.9 Å². The molecule has 1 fully saturated rings. The maximum atomic E-state index is 14.9. The summed E-state index contributed by atoms with van der Waals surface area (Å²) in [6.07, 6.45) is -5.56. The zero-order valence-corrected chi connectivity index (χ0v) is 22.6. The fourth-order valence-corrected chi connectivity index (χ4v) is 5.19. The average Bonchev–Trinajstić information content (AvgIpc) is 3.80. The Bertz CT molecular complexity index is 1640. The van der Waals surface area contributed by atoms with E-state index in [1.54, 1.807) is 0 Å². The highest BCUT2D eigenvalue weighted by molar-refractivity contribution is 6.03. The lowest BCUT2D eigenvalue weighted by Gasteiger charge is -2.28. The van der Waals surface area contributed by atoms with Gasteiger partial charge >= 0.3 is 6.18 Å². The predicted molar refractivity (Wildman–Crippen MR) is 140 cm³/mol. The summed E-state index contributed by atoms with van der Waals surface area (Å²) in [5.74, 6) is -9.46. The minimum absolute atomic E-state index is 0.107. The molecule has 0 saturated heterocycles. The molecule has 2 atom stereocenters. The molecule has 1 aliphatic carbocycles. The number of anilines is 1. The number of carbonyl (C=O) groups is 3. The van der Waals surface area contributed by atoms with Gasteiger partial charge in [0.05, 0.1) is 16.8 Å². The molecule has 1 saturated carbocycles. The largest absolute Gasteiger partial charge is 0.417 e. The molecule has 0 radical (unpaired) electrons. The lowest BCUT2D eigenvalue weighted by Crippen LogP contribution is -2.55. The molecule has 0 unspecified atom stereocenters. The summed E-state index contributed by atoms with van der Waals surface area (Å²) in [5.41, 5.74) is -3.58. The van der Waals surface area contributed by atoms with Crippen LogP contribution in [0.15, 0.2) is 48.5 Å². The van der Waals surface area contributed by atoms with Crippen LogP contribution in [0, 0.1) is 29.1 Å². The second-order valence-electron chi connectivity index (χ2n) is 10.5. The van der Waals surface area contributed by atoms with Crippen molar-refractivity contribution >= 4 is 23.4 Å². The highest BCUT2D eigenvalue weighted by Crippen LogP contribution is 2.40. The van der Waals surface area contributed by atoms with Crippen molar-refractivity contribution in [3.05, 3.63) is 99.9 Å². The van der Waals surface area contributed by atoms with Crippen LogP contribution in [-0.4, -0.2) is 35.8 Å². The molecule has 1 heterocycles. The zero-order chi connectivity index (χ0) is 31.9. The van der Waals surface area contributed by atoms with Crippen LogP contribution in [-0.2, 0) is 28.6 Å². The fraction of sp³-hybridized carbons (Fsp3) is 0.300. The van der Waals surface area contributed by atoms with Gasteiger partial charge < -0.3 is 15.5 Å². The highest BCUT2D eigenvalue weighted by Gasteiger charge is 2.43. The van der Waals surface area contributed by atoms with E-state index in [2.05, 4.69) is 10.6 Å². The molecule has 3 aromatic carbocycles. The van der Waals surface area contributed by atoms with E-state index in [0.29, 0.717) is 31.0 Å². The second kappa shape index (κ2) is 11.9. The Morgan fingerprint density at radius 3 is 2.27 bits per heavy atom. The summed E-state index contributed by atoms with van der Waals surface area (Å²) in [5, 5.41) is 4.49. The van der Waals surface area contributed by atoms with Gasteiger partial charge in [-0.15, -0.1) is 0 Å². The van der Waals surface area contributed by atoms with E-state index in [4.69, 9.17) is 0 Å². The molecule has 5 rings (SSSR count). The van der Waals surface area contributed by atoms with Crippen molar-refractivity contribution in [2.45, 2.75) is 56.4 Å². The summed E-state index contributed by atoms with van der Waals surface area (Å²) in [7, 11) is 0. The Balaban J connectivity index is 1.45. The van der Waals surface area contributed by atoms with Crippen LogP contribution in [0.5, 0.6) is 0 Å². The van der Waals surface area contributed by atoms with Gasteiger partial charge in [-0.1, -0.05) is 18.2 Å². The number of nitrogens with zero attached hydrogens (tertiary/aromatic N) is 1. The molecule has 6 nitrogen and oxygen atoms in total. The summed E-state index contributed by atoms with van der Waals surface area (Å²) < 4.78 is 113. The van der Waals surface area contributed by atoms with Crippen molar-refractivity contribution in [3.63, 3.8) is 0 Å². The summed E-state index contributed by atoms with van der Waals surface area (Å²) in [4.78, 5) is 41.1. The first-order valence-corrected chi connectivity index (χ1v) is 13.5. The number of alkyl halides is 3. The smallest absolute Gasteiger partial charge is 0.342 e. The van der Waals surface area contributed by atoms with E-state index in [1.807, 2.05) is 0 Å². The molecule has 0 aromatic heterocycles. The Hall–Kier alpha value is -4.49. The van der Waals surface area contributed by atoms with Crippen molar-refractivity contribution in [2.24, 2.45) is 0 Å². The normalized spacial score (nSPS) is 17.5. The van der Waals surface area contributed by atoms with Crippen molar-refractivity contribution in [1.82, 2.24) is 10.6 Å². The van der Waals surface area contributed by atoms with Crippen LogP contribution in [0.4, 0.5) is 40.8 Å². The number of rotatable bonds is 7. The standard InChI is InChI=1S/C30H23F8N3O3/c31-15-5-8-17(19(12-15)30(36,37)38)27(42)40-24(11-14-3-1-2-4-20(14)32)28(43)39-23-10-9-18-25(35)21(33)13-22(34)26(18)41(29(23)44)16-6-7-16/h1-5,8,12-13,16,23-24H,6-7,9-11H2,(H,39,43)(H,40,42)/t23-,24-/m1/s1. The average molecular weight is 626 g/mol. The Labute approximate surface area is 245 Å². The molecule has 2 N–H and O–H groups in total. The monoisotopic (exact) mass is 625 g/mol. The second-order valence-corrected chi connectivity index (χ2v) is 10.5. The third kappa shape index (κ3) is 6.24. The summed E-state index contributed by atoms with van der Waals surface area (Å²) in [6, 6.07) is 2.94. The van der Waals surface area contributed by atoms with Gasteiger partial charge in [0.1, 0.15) is 29.5 Å². The lowest BCUT2D eigenvalue weighted by atomic mass is 10.0. The first-order chi connectivity index (χ1) is 20.8. The quantitative estimate of drug-likeness (QED) is 0.274. The minimum Gasteiger partial charge on any atom is -0.342 e. The Kier molecular flexibility index (Phi) is 8.36. The van der Waals surface area contributed by atoms with Crippen LogP contribution in [0.3, 0.4) is 0 Å². The molecule has 0 bridgehead atoms. The molecule has 14 heteroatoms. The van der Waals surface area contributed by atoms with Gasteiger partial charge in [-0.25, -0.2) is 22.0 Å². The van der Waals surface area contributed by atoms with Gasteiger partial charge in [0, 0.05) is 24.1 Å². The minimum atomic E-state index is -5.14. The molecule has 1 aliphatic heterocycles. The number of hydrogen-bond acceptors (Lipinski definition) is 3. The van der Waals surface area contributed by atoms with E-state index >= 15 is 0 Å². The SMILES string of the molecule is O=C(N[C@H](Cc1ccccc1F)C(=O)N[C@@H]1CCc2c(F)c(F)cc(F)c2N(C2CC2)C1=O)c1ccc(F)cc1C(F)(F)F. The van der Waals surface area contributed by atoms with E-state index in [0.717, 1.165) is 11.0 Å². The van der Waals surface area contributed by atoms with E-state index in [9.17, 15) is 49.5 Å². The predicted octanol–water partition coefficient (Wildman–Crippen LogP) is 5.37. The number of halogens is 8. The maximum Gasteiger partial charge on any atom is 0.417 e. The Morgan fingerprint density at radius 1 is 0.909 bits per heavy atom. The molecule has 3 aromatic rings. The highest BCUT2D eigenvalue weighted by atomic mass is 19.4. The van der Waals surface area contributed by atoms with Gasteiger partial charge in [0.25, 0.3) is 5.91 Å². The molecule has 44 heavy (non-hydrogen) atoms. The molecular weight excluding hydrogens is 602 g/mol. The van der Waals surface area contributed by atoms with E-state index in [1.165, 1.54) is 18.2 Å². The van der Waals surface area contributed by atoms with E-state index in [-0.39, 0.29) is 24.5 Å². The lowest BCUT2D eigenvalue weighted by molar-refractivity contribution is -0.138. The van der Waals surface area contributed by atoms with Crippen molar-refractivity contribution < 1.29 is 49.5 Å². The Morgan fingerprint density at radius 2 is 1.61 bits per heavy atom. The van der Waals surface area contributed by atoms with Gasteiger partial charge in [0.2, 0.25) is 11.8 Å². The number of benzene rings is 3. The van der Waals surface area contributed by atoms with Crippen molar-refractivity contribution in [1.29, 1.82) is 0 Å². The zero-order valence-electron chi connectivity index (χ0n) is 22.6. The fourth-order valence-electron chi connectivity index (χ4n) is 5.19. The van der Waals surface area contributed by atoms with Crippen molar-refractivity contribution in [2.75, 3.05) is 4.90 Å². The van der Waals surface area contributed by atoms with Crippen LogP contribution in [0.2, 0.25) is 0 Å². The van der Waals surface area contributed by atoms with Gasteiger partial charge in [0.15, 0.2) is 11.6 Å². The number of carbonyl (C=O) groups excluding carboxylic acids is 3. The van der Waals surface area contributed by atoms with Gasteiger partial charge in [-0.3, -0.25) is 14.4 Å². The number of fused-ring (bicyclic) bond motifs is 1. The summed E-state index contributed by atoms with van der Waals surface area (Å²) >= 11 is 0. The van der Waals surface area contributed by atoms with Crippen LogP contribution in [0.1, 0.15) is 46.3 Å². The van der Waals surface area contributed by atoms with Gasteiger partial charge in [-0.05, 0) is 55.5 Å². The molecule has 2 aliphatic rings. The first kappa shape index (κ1) is 31.0.